The fourth-order valence-corrected chi connectivity index (χ4v) is 4.93. The molecule has 0 saturated carbocycles. The first-order chi connectivity index (χ1) is 11.1. The number of likely N-dealkylation sites (tertiary alicyclic amines) is 1. The zero-order chi connectivity index (χ0) is 16.4. The van der Waals surface area contributed by atoms with Gasteiger partial charge in [0.1, 0.15) is 5.01 Å². The van der Waals surface area contributed by atoms with Crippen LogP contribution in [0.4, 0.5) is 0 Å². The van der Waals surface area contributed by atoms with E-state index in [9.17, 15) is 4.79 Å². The Bertz CT molecular complexity index is 692. The minimum atomic E-state index is 0. The van der Waals surface area contributed by atoms with Gasteiger partial charge in [0.15, 0.2) is 0 Å². The average molecular weight is 443 g/mol. The monoisotopic (exact) mass is 441 g/mol. The molecule has 0 bridgehead atoms. The summed E-state index contributed by atoms with van der Waals surface area (Å²) in [5.74, 6) is 0.774. The molecule has 1 saturated heterocycles. The van der Waals surface area contributed by atoms with E-state index in [-0.39, 0.29) is 36.8 Å². The number of thiophene rings is 1. The number of carbonyl (C=O) groups excluding carboxylic acids is 1. The van der Waals surface area contributed by atoms with Crippen LogP contribution in [0.1, 0.15) is 25.5 Å². The van der Waals surface area contributed by atoms with Crippen molar-refractivity contribution in [3.63, 3.8) is 0 Å². The molecule has 2 unspecified atom stereocenters. The van der Waals surface area contributed by atoms with Crippen molar-refractivity contribution in [2.45, 2.75) is 32.2 Å². The Morgan fingerprint density at radius 2 is 2.20 bits per heavy atom. The molecule has 1 amide bonds. The molecule has 2 atom stereocenters. The predicted octanol–water partition coefficient (Wildman–Crippen LogP) is 4.50. The third-order valence-electron chi connectivity index (χ3n) is 4.24. The molecule has 0 radical (unpaired) electrons. The van der Waals surface area contributed by atoms with Crippen LogP contribution in [-0.4, -0.2) is 34.9 Å². The van der Waals surface area contributed by atoms with Crippen molar-refractivity contribution in [2.24, 2.45) is 11.7 Å². The summed E-state index contributed by atoms with van der Waals surface area (Å²) in [4.78, 5) is 20.2. The van der Waals surface area contributed by atoms with E-state index in [4.69, 9.17) is 17.3 Å². The molecule has 2 aromatic heterocycles. The molecule has 1 aliphatic rings. The van der Waals surface area contributed by atoms with Crippen molar-refractivity contribution in [3.8, 4) is 9.88 Å². The highest BCUT2D eigenvalue weighted by atomic mass is 35.5. The van der Waals surface area contributed by atoms with Gasteiger partial charge in [-0.25, -0.2) is 4.98 Å². The first-order valence-corrected chi connectivity index (χ1v) is 9.84. The maximum Gasteiger partial charge on any atom is 0.228 e. The van der Waals surface area contributed by atoms with Gasteiger partial charge in [0.05, 0.1) is 21.3 Å². The molecule has 2 aromatic rings. The summed E-state index contributed by atoms with van der Waals surface area (Å²) < 4.78 is 0.751. The van der Waals surface area contributed by atoms with Crippen LogP contribution in [0.3, 0.4) is 0 Å². The summed E-state index contributed by atoms with van der Waals surface area (Å²) in [5.41, 5.74) is 6.68. The van der Waals surface area contributed by atoms with Crippen LogP contribution in [0, 0.1) is 5.92 Å². The maximum atomic E-state index is 12.6. The SMILES string of the molecule is CC1CCN(C(=O)Cc2csc(-c3ccc(Cl)s3)n2)C(CN)C1.Cl.Cl. The maximum absolute atomic E-state index is 12.6. The van der Waals surface area contributed by atoms with Crippen molar-refractivity contribution < 1.29 is 4.79 Å². The van der Waals surface area contributed by atoms with Crippen LogP contribution in [0.25, 0.3) is 9.88 Å². The molecule has 1 fully saturated rings. The van der Waals surface area contributed by atoms with E-state index in [1.807, 2.05) is 22.4 Å². The number of nitrogens with zero attached hydrogens (tertiary/aromatic N) is 2. The molecule has 1 aliphatic heterocycles. The number of thiazole rings is 1. The first kappa shape index (κ1) is 22.7. The lowest BCUT2D eigenvalue weighted by molar-refractivity contribution is -0.134. The second-order valence-corrected chi connectivity index (χ2v) is 8.60. The largest absolute Gasteiger partial charge is 0.338 e. The van der Waals surface area contributed by atoms with Crippen LogP contribution >= 0.6 is 59.1 Å². The lowest BCUT2D eigenvalue weighted by atomic mass is 9.92. The summed E-state index contributed by atoms with van der Waals surface area (Å²) in [5, 5.41) is 2.89. The lowest BCUT2D eigenvalue weighted by Crippen LogP contribution is -2.49. The molecule has 140 valence electrons. The van der Waals surface area contributed by atoms with Gasteiger partial charge in [0.25, 0.3) is 0 Å². The summed E-state index contributed by atoms with van der Waals surface area (Å²) in [6.45, 7) is 3.56. The van der Waals surface area contributed by atoms with E-state index in [1.165, 1.54) is 11.3 Å². The Hall–Kier alpha value is -0.370. The number of halogens is 3. The van der Waals surface area contributed by atoms with Crippen molar-refractivity contribution >= 4 is 65.0 Å². The van der Waals surface area contributed by atoms with Gasteiger partial charge in [-0.2, -0.15) is 0 Å². The highest BCUT2D eigenvalue weighted by Gasteiger charge is 2.29. The fraction of sp³-hybridized carbons (Fsp3) is 0.500. The predicted molar refractivity (Wildman–Crippen MR) is 112 cm³/mol. The van der Waals surface area contributed by atoms with E-state index in [0.29, 0.717) is 18.9 Å². The standard InChI is InChI=1S/C16H20ClN3OS2.2ClH/c1-10-4-5-20(12(6-10)8-18)15(21)7-11-9-22-16(19-11)13-2-3-14(17)23-13;;/h2-3,9-10,12H,4-8,18H2,1H3;2*1H. The van der Waals surface area contributed by atoms with Crippen LogP contribution in [0.2, 0.25) is 4.34 Å². The molecular formula is C16H22Cl3N3OS2. The lowest BCUT2D eigenvalue weighted by Gasteiger charge is -2.38. The molecule has 3 rings (SSSR count). The Morgan fingerprint density at radius 3 is 2.84 bits per heavy atom. The van der Waals surface area contributed by atoms with Gasteiger partial charge < -0.3 is 10.6 Å². The van der Waals surface area contributed by atoms with Gasteiger partial charge in [-0.05, 0) is 30.9 Å². The van der Waals surface area contributed by atoms with E-state index in [1.54, 1.807) is 11.3 Å². The Morgan fingerprint density at radius 1 is 1.44 bits per heavy atom. The normalized spacial score (nSPS) is 19.9. The smallest absolute Gasteiger partial charge is 0.228 e. The molecule has 4 nitrogen and oxygen atoms in total. The van der Waals surface area contributed by atoms with Crippen LogP contribution in [-0.2, 0) is 11.2 Å². The quantitative estimate of drug-likeness (QED) is 0.758. The van der Waals surface area contributed by atoms with Crippen molar-refractivity contribution in [1.29, 1.82) is 0 Å². The Kier molecular flexibility index (Phi) is 9.15. The van der Waals surface area contributed by atoms with Gasteiger partial charge in [0.2, 0.25) is 5.91 Å². The number of aromatic nitrogens is 1. The molecule has 3 heterocycles. The van der Waals surface area contributed by atoms with Gasteiger partial charge in [0, 0.05) is 24.5 Å². The Balaban J connectivity index is 0.00000156. The van der Waals surface area contributed by atoms with Gasteiger partial charge in [-0.1, -0.05) is 18.5 Å². The Labute approximate surface area is 173 Å². The summed E-state index contributed by atoms with van der Waals surface area (Å²) >= 11 is 9.03. The zero-order valence-electron chi connectivity index (χ0n) is 13.8. The second kappa shape index (κ2) is 10.1. The first-order valence-electron chi connectivity index (χ1n) is 7.76. The molecule has 9 heteroatoms. The molecule has 0 spiro atoms. The zero-order valence-corrected chi connectivity index (χ0v) is 17.8. The van der Waals surface area contributed by atoms with Crippen LogP contribution in [0.5, 0.6) is 0 Å². The number of amides is 1. The fourth-order valence-electron chi connectivity index (χ4n) is 2.99. The number of piperidine rings is 1. The molecule has 0 aromatic carbocycles. The highest BCUT2D eigenvalue weighted by molar-refractivity contribution is 7.23. The van der Waals surface area contributed by atoms with Crippen LogP contribution < -0.4 is 5.73 Å². The summed E-state index contributed by atoms with van der Waals surface area (Å²) in [7, 11) is 0. The van der Waals surface area contributed by atoms with E-state index >= 15 is 0 Å². The van der Waals surface area contributed by atoms with Crippen molar-refractivity contribution in [3.05, 3.63) is 27.5 Å². The number of carbonyl (C=O) groups is 1. The van der Waals surface area contributed by atoms with Crippen molar-refractivity contribution in [1.82, 2.24) is 9.88 Å². The number of rotatable bonds is 4. The molecule has 25 heavy (non-hydrogen) atoms. The topological polar surface area (TPSA) is 59.2 Å². The van der Waals surface area contributed by atoms with Crippen molar-refractivity contribution in [2.75, 3.05) is 13.1 Å². The van der Waals surface area contributed by atoms with Gasteiger partial charge >= 0.3 is 0 Å². The summed E-state index contributed by atoms with van der Waals surface area (Å²) in [6, 6.07) is 4.00. The van der Waals surface area contributed by atoms with E-state index in [2.05, 4.69) is 11.9 Å². The number of nitrogens with two attached hydrogens (primary N) is 1. The van der Waals surface area contributed by atoms with Gasteiger partial charge in [-0.15, -0.1) is 47.5 Å². The van der Waals surface area contributed by atoms with Gasteiger partial charge in [-0.3, -0.25) is 4.79 Å². The second-order valence-electron chi connectivity index (χ2n) is 6.03. The highest BCUT2D eigenvalue weighted by Crippen LogP contribution is 2.33. The minimum Gasteiger partial charge on any atom is -0.338 e. The molecule has 2 N–H and O–H groups in total. The average Bonchev–Trinajstić information content (AvgIpc) is 3.15. The van der Waals surface area contributed by atoms with E-state index in [0.717, 1.165) is 39.3 Å². The molecular weight excluding hydrogens is 421 g/mol. The van der Waals surface area contributed by atoms with E-state index < -0.39 is 0 Å². The number of hydrogen-bond donors (Lipinski definition) is 1. The number of hydrogen-bond acceptors (Lipinski definition) is 5. The third-order valence-corrected chi connectivity index (χ3v) is 6.53. The summed E-state index contributed by atoms with van der Waals surface area (Å²) in [6.07, 6.45) is 2.40. The molecule has 0 aliphatic carbocycles. The third kappa shape index (κ3) is 5.55. The minimum absolute atomic E-state index is 0. The van der Waals surface area contributed by atoms with Crippen LogP contribution in [0.15, 0.2) is 17.5 Å².